The molecule has 1 heterocycles. The molecule has 0 amide bonds. The summed E-state index contributed by atoms with van der Waals surface area (Å²) in [6.07, 6.45) is 34.6. The molecule has 0 radical (unpaired) electrons. The van der Waals surface area contributed by atoms with Crippen molar-refractivity contribution in [2.24, 2.45) is 5.92 Å². The Morgan fingerprint density at radius 1 is 1.06 bits per heavy atom. The van der Waals surface area contributed by atoms with E-state index in [0.717, 1.165) is 19.3 Å². The lowest BCUT2D eigenvalue weighted by Crippen LogP contribution is -2.51. The molecule has 4 rings (SSSR count). The van der Waals surface area contributed by atoms with Crippen molar-refractivity contribution in [2.75, 3.05) is 7.05 Å². The second-order valence-corrected chi connectivity index (χ2v) is 10.5. The van der Waals surface area contributed by atoms with Crippen molar-refractivity contribution in [3.63, 3.8) is 0 Å². The fraction of sp³-hybridized carbons (Fsp3) is 0.314. The summed E-state index contributed by atoms with van der Waals surface area (Å²) in [6.45, 7) is 10.8. The van der Waals surface area contributed by atoms with Crippen LogP contribution in [-0.2, 0) is 0 Å². The second kappa shape index (κ2) is 11.6. The molecule has 1 aliphatic heterocycles. The molecule has 0 saturated heterocycles. The third-order valence-electron chi connectivity index (χ3n) is 7.96. The first kappa shape index (κ1) is 25.8. The number of benzene rings is 1. The van der Waals surface area contributed by atoms with E-state index in [1.807, 2.05) is 6.08 Å². The predicted octanol–water partition coefficient (Wildman–Crippen LogP) is 9.12. The van der Waals surface area contributed by atoms with Crippen LogP contribution in [0.15, 0.2) is 133 Å². The van der Waals surface area contributed by atoms with Gasteiger partial charge in [0.05, 0.1) is 5.54 Å². The maximum Gasteiger partial charge on any atom is 0.0722 e. The Bertz CT molecular complexity index is 1180. The van der Waals surface area contributed by atoms with Crippen molar-refractivity contribution in [1.29, 1.82) is 0 Å². The van der Waals surface area contributed by atoms with Crippen molar-refractivity contribution < 1.29 is 0 Å². The van der Waals surface area contributed by atoms with E-state index in [9.17, 15) is 0 Å². The van der Waals surface area contributed by atoms with Gasteiger partial charge in [-0.25, -0.2) is 0 Å². The molecule has 3 aliphatic rings. The zero-order valence-electron chi connectivity index (χ0n) is 22.4. The van der Waals surface area contributed by atoms with E-state index >= 15 is 0 Å². The van der Waals surface area contributed by atoms with Gasteiger partial charge in [0, 0.05) is 18.9 Å². The molecule has 0 aromatic heterocycles. The SMILES string of the molecule is C=C/C(C)=C\C/C1=C(C)/C=C\C=C\C(c2cccc(C3C=CC=C3)c2)C12CC(C)/C=C\C/C=C/N2C. The summed E-state index contributed by atoms with van der Waals surface area (Å²) in [6, 6.07) is 9.28. The highest BCUT2D eigenvalue weighted by atomic mass is 15.2. The number of rotatable bonds is 5. The van der Waals surface area contributed by atoms with Gasteiger partial charge in [-0.3, -0.25) is 0 Å². The van der Waals surface area contributed by atoms with Crippen LogP contribution in [0.3, 0.4) is 0 Å². The lowest BCUT2D eigenvalue weighted by molar-refractivity contribution is 0.166. The molecule has 0 N–H and O–H groups in total. The Kier molecular flexibility index (Phi) is 8.31. The van der Waals surface area contributed by atoms with E-state index in [-0.39, 0.29) is 11.5 Å². The molecule has 1 aromatic rings. The van der Waals surface area contributed by atoms with Crippen molar-refractivity contribution in [2.45, 2.75) is 57.4 Å². The third-order valence-corrected chi connectivity index (χ3v) is 7.96. The van der Waals surface area contributed by atoms with Crippen LogP contribution in [0.5, 0.6) is 0 Å². The Hall–Kier alpha value is -3.32. The summed E-state index contributed by atoms with van der Waals surface area (Å²) in [4.78, 5) is 2.52. The normalized spacial score (nSPS) is 32.3. The number of likely N-dealkylation sites (N-methyl/N-ethyl adjacent to an activating group) is 1. The van der Waals surface area contributed by atoms with E-state index in [0.29, 0.717) is 11.8 Å². The van der Waals surface area contributed by atoms with Crippen LogP contribution in [0.1, 0.15) is 63.0 Å². The summed E-state index contributed by atoms with van der Waals surface area (Å²) in [5.74, 6) is 0.999. The van der Waals surface area contributed by atoms with Gasteiger partial charge in [0.2, 0.25) is 0 Å². The minimum atomic E-state index is -0.214. The highest BCUT2D eigenvalue weighted by Crippen LogP contribution is 2.48. The first-order valence-electron chi connectivity index (χ1n) is 13.3. The van der Waals surface area contributed by atoms with Crippen LogP contribution >= 0.6 is 0 Å². The average molecular weight is 476 g/mol. The zero-order valence-corrected chi connectivity index (χ0v) is 22.4. The molecule has 2 aliphatic carbocycles. The van der Waals surface area contributed by atoms with Crippen molar-refractivity contribution in [3.05, 3.63) is 144 Å². The molecule has 186 valence electrons. The topological polar surface area (TPSA) is 3.24 Å². The molecule has 1 spiro atoms. The fourth-order valence-electron chi connectivity index (χ4n) is 5.98. The van der Waals surface area contributed by atoms with E-state index in [4.69, 9.17) is 0 Å². The van der Waals surface area contributed by atoms with E-state index in [1.165, 1.54) is 27.8 Å². The highest BCUT2D eigenvalue weighted by Gasteiger charge is 2.45. The summed E-state index contributed by atoms with van der Waals surface area (Å²) < 4.78 is 0. The summed E-state index contributed by atoms with van der Waals surface area (Å²) in [5.41, 5.74) is 6.57. The van der Waals surface area contributed by atoms with E-state index in [2.05, 4.69) is 143 Å². The Balaban J connectivity index is 1.96. The number of hydrogen-bond donors (Lipinski definition) is 0. The maximum absolute atomic E-state index is 4.01. The predicted molar refractivity (Wildman–Crippen MR) is 157 cm³/mol. The van der Waals surface area contributed by atoms with Crippen molar-refractivity contribution >= 4 is 0 Å². The largest absolute Gasteiger partial charge is 0.370 e. The molecule has 36 heavy (non-hydrogen) atoms. The van der Waals surface area contributed by atoms with Gasteiger partial charge in [0.1, 0.15) is 0 Å². The molecule has 0 bridgehead atoms. The molecule has 1 nitrogen and oxygen atoms in total. The molecule has 0 fully saturated rings. The molecule has 1 aromatic carbocycles. The first-order chi connectivity index (χ1) is 17.5. The smallest absolute Gasteiger partial charge is 0.0722 e. The third kappa shape index (κ3) is 5.41. The van der Waals surface area contributed by atoms with Gasteiger partial charge in [-0.05, 0) is 67.5 Å². The molecule has 3 atom stereocenters. The lowest BCUT2D eigenvalue weighted by atomic mass is 9.65. The molecule has 0 saturated carbocycles. The van der Waals surface area contributed by atoms with Crippen molar-refractivity contribution in [3.8, 4) is 0 Å². The van der Waals surface area contributed by atoms with Gasteiger partial charge in [0.25, 0.3) is 0 Å². The van der Waals surface area contributed by atoms with Gasteiger partial charge in [-0.15, -0.1) is 0 Å². The van der Waals surface area contributed by atoms with Gasteiger partial charge >= 0.3 is 0 Å². The van der Waals surface area contributed by atoms with Crippen LogP contribution in [0, 0.1) is 5.92 Å². The van der Waals surface area contributed by atoms with E-state index in [1.54, 1.807) is 0 Å². The van der Waals surface area contributed by atoms with Crippen LogP contribution in [0.25, 0.3) is 0 Å². The van der Waals surface area contributed by atoms with Crippen molar-refractivity contribution in [1.82, 2.24) is 4.90 Å². The summed E-state index contributed by atoms with van der Waals surface area (Å²) in [7, 11) is 2.28. The Morgan fingerprint density at radius 2 is 1.81 bits per heavy atom. The molecular formula is C35H41N. The highest BCUT2D eigenvalue weighted by molar-refractivity contribution is 5.48. The minimum absolute atomic E-state index is 0.197. The van der Waals surface area contributed by atoms with Gasteiger partial charge in [-0.1, -0.05) is 122 Å². The van der Waals surface area contributed by atoms with Gasteiger partial charge in [0.15, 0.2) is 0 Å². The maximum atomic E-state index is 4.01. The summed E-state index contributed by atoms with van der Waals surface area (Å²) >= 11 is 0. The number of allylic oxidation sites excluding steroid dienone is 14. The molecular weight excluding hydrogens is 434 g/mol. The lowest BCUT2D eigenvalue weighted by Gasteiger charge is -2.50. The first-order valence-corrected chi connectivity index (χ1v) is 13.3. The summed E-state index contributed by atoms with van der Waals surface area (Å²) in [5, 5.41) is 0. The number of nitrogens with zero attached hydrogens (tertiary/aromatic N) is 1. The monoisotopic (exact) mass is 475 g/mol. The van der Waals surface area contributed by atoms with Crippen LogP contribution in [0.2, 0.25) is 0 Å². The van der Waals surface area contributed by atoms with Crippen LogP contribution < -0.4 is 0 Å². The molecule has 3 unspecified atom stereocenters. The Morgan fingerprint density at radius 3 is 2.58 bits per heavy atom. The van der Waals surface area contributed by atoms with Crippen LogP contribution in [-0.4, -0.2) is 17.5 Å². The molecule has 1 heteroatoms. The number of hydrogen-bond acceptors (Lipinski definition) is 1. The minimum Gasteiger partial charge on any atom is -0.370 e. The second-order valence-electron chi connectivity index (χ2n) is 10.5. The average Bonchev–Trinajstić information content (AvgIpc) is 3.43. The standard InChI is InChI=1S/C35H41N/c1-6-27(2)22-23-33-29(4)16-9-12-21-34(32-20-14-19-31(25-32)30-17-10-11-18-30)35(33)26-28(3)15-8-7-13-24-36(35)5/h6,8-22,24-25,28,30,34H,1,7,23,26H2,2-5H3/b15-8-,16-9-,21-12+,24-13+,27-22-,33-29-. The Labute approximate surface area is 219 Å². The van der Waals surface area contributed by atoms with Gasteiger partial charge in [-0.2, -0.15) is 0 Å². The van der Waals surface area contributed by atoms with E-state index < -0.39 is 0 Å². The quantitative estimate of drug-likeness (QED) is 0.303. The fourth-order valence-corrected chi connectivity index (χ4v) is 5.98. The van der Waals surface area contributed by atoms with Crippen LogP contribution in [0.4, 0.5) is 0 Å². The van der Waals surface area contributed by atoms with Gasteiger partial charge < -0.3 is 4.90 Å². The zero-order chi connectivity index (χ0) is 25.5.